The summed E-state index contributed by atoms with van der Waals surface area (Å²) < 4.78 is 10.6. The molecule has 3 nitrogen and oxygen atoms in total. The van der Waals surface area contributed by atoms with E-state index in [-0.39, 0.29) is 5.41 Å². The van der Waals surface area contributed by atoms with Gasteiger partial charge in [0.05, 0.1) is 20.3 Å². The van der Waals surface area contributed by atoms with E-state index in [1.807, 2.05) is 18.2 Å². The van der Waals surface area contributed by atoms with Crippen molar-refractivity contribution in [1.82, 2.24) is 0 Å². The van der Waals surface area contributed by atoms with Gasteiger partial charge in [0, 0.05) is 0 Å². The average molecular weight is 278 g/mol. The Hall–Kier alpha value is -1.22. The topological polar surface area (TPSA) is 38.7 Å². The van der Waals surface area contributed by atoms with Crippen molar-refractivity contribution in [1.29, 1.82) is 0 Å². The molecule has 1 aromatic carbocycles. The molecule has 1 aliphatic carbocycles. The molecule has 0 bridgehead atoms. The van der Waals surface area contributed by atoms with Gasteiger partial charge in [0.15, 0.2) is 11.5 Å². The molecule has 112 valence electrons. The van der Waals surface area contributed by atoms with Gasteiger partial charge in [-0.1, -0.05) is 32.8 Å². The normalized spacial score (nSPS) is 23.1. The molecule has 0 saturated heterocycles. The first-order valence-electron chi connectivity index (χ1n) is 7.39. The van der Waals surface area contributed by atoms with E-state index in [1.165, 1.54) is 19.3 Å². The van der Waals surface area contributed by atoms with Crippen LogP contribution >= 0.6 is 0 Å². The number of ether oxygens (including phenoxy) is 2. The third kappa shape index (κ3) is 2.93. The van der Waals surface area contributed by atoms with E-state index in [9.17, 15) is 5.11 Å². The lowest BCUT2D eigenvalue weighted by molar-refractivity contribution is 0.00373. The van der Waals surface area contributed by atoms with Gasteiger partial charge in [0.2, 0.25) is 0 Å². The lowest BCUT2D eigenvalue weighted by atomic mass is 9.65. The molecule has 0 heterocycles. The van der Waals surface area contributed by atoms with Gasteiger partial charge < -0.3 is 14.6 Å². The fraction of sp³-hybridized carbons (Fsp3) is 0.647. The molecule has 3 heteroatoms. The van der Waals surface area contributed by atoms with Crippen LogP contribution in [-0.4, -0.2) is 19.3 Å². The highest BCUT2D eigenvalue weighted by Crippen LogP contribution is 2.47. The molecule has 1 aliphatic rings. The van der Waals surface area contributed by atoms with Gasteiger partial charge >= 0.3 is 0 Å². The Bertz CT molecular complexity index is 454. The van der Waals surface area contributed by atoms with E-state index >= 15 is 0 Å². The zero-order chi connectivity index (χ0) is 14.8. The lowest BCUT2D eigenvalue weighted by Crippen LogP contribution is -2.32. The Morgan fingerprint density at radius 2 is 1.85 bits per heavy atom. The average Bonchev–Trinajstić information content (AvgIpc) is 2.45. The van der Waals surface area contributed by atoms with Gasteiger partial charge in [-0.15, -0.1) is 0 Å². The van der Waals surface area contributed by atoms with Gasteiger partial charge in [0.25, 0.3) is 0 Å². The monoisotopic (exact) mass is 278 g/mol. The van der Waals surface area contributed by atoms with Crippen LogP contribution in [0.1, 0.15) is 51.2 Å². The van der Waals surface area contributed by atoms with Gasteiger partial charge in [-0.05, 0) is 41.9 Å². The first-order chi connectivity index (χ1) is 9.49. The van der Waals surface area contributed by atoms with E-state index < -0.39 is 6.10 Å². The Labute approximate surface area is 121 Å². The second-order valence-corrected chi connectivity index (χ2v) is 6.40. The molecular formula is C17H26O3. The minimum absolute atomic E-state index is 0.185. The number of aliphatic hydroxyl groups excluding tert-OH is 1. The molecule has 1 fully saturated rings. The zero-order valence-corrected chi connectivity index (χ0v) is 13.0. The SMILES string of the molecule is COc1ccc(C(O)C2CCCCC2(C)C)cc1OC. The quantitative estimate of drug-likeness (QED) is 0.906. The third-order valence-corrected chi connectivity index (χ3v) is 4.72. The zero-order valence-electron chi connectivity index (χ0n) is 13.0. The van der Waals surface area contributed by atoms with Gasteiger partial charge in [-0.2, -0.15) is 0 Å². The number of rotatable bonds is 4. The molecule has 0 amide bonds. The van der Waals surface area contributed by atoms with Crippen LogP contribution in [0.3, 0.4) is 0 Å². The highest BCUT2D eigenvalue weighted by atomic mass is 16.5. The maximum absolute atomic E-state index is 10.8. The molecule has 20 heavy (non-hydrogen) atoms. The summed E-state index contributed by atoms with van der Waals surface area (Å²) in [4.78, 5) is 0. The molecule has 0 aromatic heterocycles. The van der Waals surface area contributed by atoms with Crippen molar-refractivity contribution in [3.05, 3.63) is 23.8 Å². The number of methoxy groups -OCH3 is 2. The molecule has 1 saturated carbocycles. The molecule has 1 aromatic rings. The smallest absolute Gasteiger partial charge is 0.161 e. The van der Waals surface area contributed by atoms with Crippen molar-refractivity contribution < 1.29 is 14.6 Å². The van der Waals surface area contributed by atoms with Gasteiger partial charge in [-0.25, -0.2) is 0 Å². The molecule has 2 rings (SSSR count). The van der Waals surface area contributed by atoms with Crippen molar-refractivity contribution in [3.8, 4) is 11.5 Å². The van der Waals surface area contributed by atoms with Crippen LogP contribution in [0.5, 0.6) is 11.5 Å². The standard InChI is InChI=1S/C17H26O3/c1-17(2)10-6-5-7-13(17)16(18)12-8-9-14(19-3)15(11-12)20-4/h8-9,11,13,16,18H,5-7,10H2,1-4H3. The Kier molecular flexibility index (Phi) is 4.59. The van der Waals surface area contributed by atoms with Crippen LogP contribution in [0.4, 0.5) is 0 Å². The molecular weight excluding hydrogens is 252 g/mol. The highest BCUT2D eigenvalue weighted by molar-refractivity contribution is 5.43. The van der Waals surface area contributed by atoms with E-state index in [0.717, 1.165) is 12.0 Å². The van der Waals surface area contributed by atoms with Crippen LogP contribution in [0.15, 0.2) is 18.2 Å². The first-order valence-corrected chi connectivity index (χ1v) is 7.39. The van der Waals surface area contributed by atoms with Crippen LogP contribution in [0.25, 0.3) is 0 Å². The number of hydrogen-bond donors (Lipinski definition) is 1. The highest BCUT2D eigenvalue weighted by Gasteiger charge is 2.37. The molecule has 0 radical (unpaired) electrons. The summed E-state index contributed by atoms with van der Waals surface area (Å²) >= 11 is 0. The maximum atomic E-state index is 10.8. The molecule has 2 unspecified atom stereocenters. The van der Waals surface area contributed by atoms with Crippen LogP contribution in [0, 0.1) is 11.3 Å². The van der Waals surface area contributed by atoms with E-state index in [1.54, 1.807) is 14.2 Å². The summed E-state index contributed by atoms with van der Waals surface area (Å²) in [6, 6.07) is 5.71. The number of hydrogen-bond acceptors (Lipinski definition) is 3. The molecule has 2 atom stereocenters. The summed E-state index contributed by atoms with van der Waals surface area (Å²) in [5.74, 6) is 1.68. The summed E-state index contributed by atoms with van der Waals surface area (Å²) in [7, 11) is 3.25. The number of benzene rings is 1. The number of aliphatic hydroxyl groups is 1. The third-order valence-electron chi connectivity index (χ3n) is 4.72. The van der Waals surface area contributed by atoms with Crippen LogP contribution in [0.2, 0.25) is 0 Å². The van der Waals surface area contributed by atoms with Crippen LogP contribution < -0.4 is 9.47 Å². The van der Waals surface area contributed by atoms with Crippen LogP contribution in [-0.2, 0) is 0 Å². The summed E-state index contributed by atoms with van der Waals surface area (Å²) in [6.07, 6.45) is 4.30. The van der Waals surface area contributed by atoms with Crippen molar-refractivity contribution in [3.63, 3.8) is 0 Å². The summed E-state index contributed by atoms with van der Waals surface area (Å²) in [6.45, 7) is 4.53. The van der Waals surface area contributed by atoms with Crippen molar-refractivity contribution >= 4 is 0 Å². The van der Waals surface area contributed by atoms with Crippen molar-refractivity contribution in [2.24, 2.45) is 11.3 Å². The van der Waals surface area contributed by atoms with Gasteiger partial charge in [0.1, 0.15) is 0 Å². The van der Waals surface area contributed by atoms with E-state index in [2.05, 4.69) is 13.8 Å². The second kappa shape index (κ2) is 6.04. The largest absolute Gasteiger partial charge is 0.493 e. The lowest BCUT2D eigenvalue weighted by Gasteiger charge is -2.41. The maximum Gasteiger partial charge on any atom is 0.161 e. The summed E-state index contributed by atoms with van der Waals surface area (Å²) in [5.41, 5.74) is 1.10. The minimum atomic E-state index is -0.440. The summed E-state index contributed by atoms with van der Waals surface area (Å²) in [5, 5.41) is 10.8. The molecule has 0 spiro atoms. The van der Waals surface area contributed by atoms with Gasteiger partial charge in [-0.3, -0.25) is 0 Å². The molecule has 0 aliphatic heterocycles. The Morgan fingerprint density at radius 1 is 1.15 bits per heavy atom. The van der Waals surface area contributed by atoms with E-state index in [0.29, 0.717) is 17.4 Å². The minimum Gasteiger partial charge on any atom is -0.493 e. The fourth-order valence-corrected chi connectivity index (χ4v) is 3.38. The predicted octanol–water partition coefficient (Wildman–Crippen LogP) is 3.95. The van der Waals surface area contributed by atoms with Crippen molar-refractivity contribution in [2.45, 2.75) is 45.6 Å². The first kappa shape index (κ1) is 15.2. The van der Waals surface area contributed by atoms with Crippen molar-refractivity contribution in [2.75, 3.05) is 14.2 Å². The molecule has 1 N–H and O–H groups in total. The Morgan fingerprint density at radius 3 is 2.45 bits per heavy atom. The predicted molar refractivity (Wildman–Crippen MR) is 80.2 cm³/mol. The second-order valence-electron chi connectivity index (χ2n) is 6.40. The Balaban J connectivity index is 2.26. The fourth-order valence-electron chi connectivity index (χ4n) is 3.38. The van der Waals surface area contributed by atoms with E-state index in [4.69, 9.17) is 9.47 Å².